The van der Waals surface area contributed by atoms with Crippen molar-refractivity contribution >= 4 is 62.9 Å². The zero-order chi connectivity index (χ0) is 25.5. The molecule has 0 aliphatic heterocycles. The maximum Gasteiger partial charge on any atom is 0.270 e. The number of halogens is 1. The van der Waals surface area contributed by atoms with Crippen molar-refractivity contribution in [2.45, 2.75) is 0 Å². The molecule has 0 unspecified atom stereocenters. The van der Waals surface area contributed by atoms with Crippen LogP contribution in [0.5, 0.6) is 5.75 Å². The number of thiazole rings is 1. The standard InChI is InChI=1S/C26H17IN4O4S/c27-20-8-6-17(7-9-20)23-16-36-26(30-23)19(14-28)12-18-13-22(31(33)34)10-11-24(18)35-15-25(32)29-21-4-2-1-3-5-21/h1-13,16H,15H2,(H,29,32). The number of non-ortho nitro benzene ring substituents is 1. The zero-order valence-corrected chi connectivity index (χ0v) is 21.5. The molecular formula is C26H17IN4O4S. The lowest BCUT2D eigenvalue weighted by molar-refractivity contribution is -0.384. The molecule has 0 atom stereocenters. The largest absolute Gasteiger partial charge is 0.483 e. The van der Waals surface area contributed by atoms with E-state index in [1.54, 1.807) is 24.3 Å². The molecule has 0 saturated heterocycles. The molecule has 36 heavy (non-hydrogen) atoms. The summed E-state index contributed by atoms with van der Waals surface area (Å²) >= 11 is 3.52. The highest BCUT2D eigenvalue weighted by molar-refractivity contribution is 14.1. The first-order valence-electron chi connectivity index (χ1n) is 10.5. The number of hydrogen-bond acceptors (Lipinski definition) is 7. The number of carbonyl (C=O) groups excluding carboxylic acids is 1. The fraction of sp³-hybridized carbons (Fsp3) is 0.0385. The number of rotatable bonds is 8. The Hall–Kier alpha value is -4.08. The molecule has 178 valence electrons. The monoisotopic (exact) mass is 608 g/mol. The molecule has 4 rings (SSSR count). The second kappa shape index (κ2) is 11.6. The number of para-hydroxylation sites is 1. The topological polar surface area (TPSA) is 118 Å². The Bertz CT molecular complexity index is 1480. The summed E-state index contributed by atoms with van der Waals surface area (Å²) < 4.78 is 6.76. The number of nitriles is 1. The van der Waals surface area contributed by atoms with Crippen molar-refractivity contribution in [2.75, 3.05) is 11.9 Å². The van der Waals surface area contributed by atoms with Gasteiger partial charge < -0.3 is 10.1 Å². The molecule has 1 amide bonds. The Morgan fingerprint density at radius 2 is 1.92 bits per heavy atom. The minimum absolute atomic E-state index is 0.168. The second-order valence-corrected chi connectivity index (χ2v) is 9.50. The van der Waals surface area contributed by atoms with Crippen LogP contribution in [0.1, 0.15) is 10.6 Å². The van der Waals surface area contributed by atoms with E-state index in [1.165, 1.54) is 35.6 Å². The van der Waals surface area contributed by atoms with Crippen LogP contribution in [0.4, 0.5) is 11.4 Å². The number of nitrogens with zero attached hydrogens (tertiary/aromatic N) is 3. The molecule has 0 aliphatic carbocycles. The van der Waals surface area contributed by atoms with Gasteiger partial charge in [-0.15, -0.1) is 11.3 Å². The fourth-order valence-corrected chi connectivity index (χ4v) is 4.36. The first-order chi connectivity index (χ1) is 17.4. The summed E-state index contributed by atoms with van der Waals surface area (Å²) in [5.74, 6) is -0.164. The van der Waals surface area contributed by atoms with Crippen molar-refractivity contribution in [3.05, 3.63) is 102 Å². The normalized spacial score (nSPS) is 10.9. The molecule has 3 aromatic carbocycles. The van der Waals surface area contributed by atoms with Gasteiger partial charge >= 0.3 is 0 Å². The molecular weight excluding hydrogens is 591 g/mol. The van der Waals surface area contributed by atoms with Crippen molar-refractivity contribution in [3.8, 4) is 23.1 Å². The van der Waals surface area contributed by atoms with Gasteiger partial charge in [-0.1, -0.05) is 30.3 Å². The predicted molar refractivity (Wildman–Crippen MR) is 147 cm³/mol. The minimum atomic E-state index is -0.534. The summed E-state index contributed by atoms with van der Waals surface area (Å²) in [6.07, 6.45) is 1.48. The highest BCUT2D eigenvalue weighted by Gasteiger charge is 2.15. The third-order valence-corrected chi connectivity index (χ3v) is 6.51. The summed E-state index contributed by atoms with van der Waals surface area (Å²) in [7, 11) is 0. The Labute approximate surface area is 224 Å². The molecule has 0 aliphatic rings. The first-order valence-corrected chi connectivity index (χ1v) is 12.5. The second-order valence-electron chi connectivity index (χ2n) is 7.40. The van der Waals surface area contributed by atoms with Crippen LogP contribution in [-0.4, -0.2) is 22.4 Å². The van der Waals surface area contributed by atoms with Gasteiger partial charge in [0.25, 0.3) is 11.6 Å². The number of aromatic nitrogens is 1. The highest BCUT2D eigenvalue weighted by Crippen LogP contribution is 2.31. The van der Waals surface area contributed by atoms with Crippen LogP contribution in [0.3, 0.4) is 0 Å². The minimum Gasteiger partial charge on any atom is -0.483 e. The van der Waals surface area contributed by atoms with Crippen molar-refractivity contribution < 1.29 is 14.5 Å². The van der Waals surface area contributed by atoms with Crippen LogP contribution < -0.4 is 10.1 Å². The van der Waals surface area contributed by atoms with E-state index in [9.17, 15) is 20.2 Å². The van der Waals surface area contributed by atoms with Gasteiger partial charge in [0.2, 0.25) is 0 Å². The molecule has 0 saturated carbocycles. The molecule has 0 radical (unpaired) electrons. The molecule has 4 aromatic rings. The van der Waals surface area contributed by atoms with Gasteiger partial charge in [0.15, 0.2) is 6.61 Å². The summed E-state index contributed by atoms with van der Waals surface area (Å²) in [6.45, 7) is -0.316. The zero-order valence-electron chi connectivity index (χ0n) is 18.6. The van der Waals surface area contributed by atoms with Gasteiger partial charge in [-0.2, -0.15) is 5.26 Å². The van der Waals surface area contributed by atoms with Crippen LogP contribution >= 0.6 is 33.9 Å². The van der Waals surface area contributed by atoms with Crippen molar-refractivity contribution in [1.82, 2.24) is 4.98 Å². The van der Waals surface area contributed by atoms with Crippen LogP contribution in [-0.2, 0) is 4.79 Å². The van der Waals surface area contributed by atoms with Gasteiger partial charge in [-0.05, 0) is 59.0 Å². The lowest BCUT2D eigenvalue weighted by Crippen LogP contribution is -2.20. The molecule has 0 spiro atoms. The Morgan fingerprint density at radius 3 is 2.61 bits per heavy atom. The molecule has 8 nitrogen and oxygen atoms in total. The van der Waals surface area contributed by atoms with E-state index in [1.807, 2.05) is 35.7 Å². The van der Waals surface area contributed by atoms with E-state index < -0.39 is 10.8 Å². The van der Waals surface area contributed by atoms with E-state index >= 15 is 0 Å². The van der Waals surface area contributed by atoms with Crippen molar-refractivity contribution in [2.24, 2.45) is 0 Å². The summed E-state index contributed by atoms with van der Waals surface area (Å²) in [5, 5.41) is 26.2. The number of ether oxygens (including phenoxy) is 1. The van der Waals surface area contributed by atoms with Crippen LogP contribution in [0, 0.1) is 25.0 Å². The third kappa shape index (κ3) is 6.32. The molecule has 0 fully saturated rings. The third-order valence-electron chi connectivity index (χ3n) is 4.92. The number of benzene rings is 3. The molecule has 1 aromatic heterocycles. The molecule has 10 heteroatoms. The number of nitrogens with one attached hydrogen (secondary N) is 1. The molecule has 1 heterocycles. The van der Waals surface area contributed by atoms with Crippen molar-refractivity contribution in [1.29, 1.82) is 5.26 Å². The lowest BCUT2D eigenvalue weighted by Gasteiger charge is -2.10. The maximum absolute atomic E-state index is 12.3. The number of nitro groups is 1. The molecule has 0 bridgehead atoms. The summed E-state index contributed by atoms with van der Waals surface area (Å²) in [6, 6.07) is 22.9. The summed E-state index contributed by atoms with van der Waals surface area (Å²) in [5.41, 5.74) is 2.60. The van der Waals surface area contributed by atoms with E-state index in [0.717, 1.165) is 14.8 Å². The summed E-state index contributed by atoms with van der Waals surface area (Å²) in [4.78, 5) is 27.7. The Morgan fingerprint density at radius 1 is 1.17 bits per heavy atom. The van der Waals surface area contributed by atoms with E-state index in [4.69, 9.17) is 4.74 Å². The fourth-order valence-electron chi connectivity index (χ4n) is 3.20. The van der Waals surface area contributed by atoms with E-state index in [2.05, 4.69) is 39.0 Å². The van der Waals surface area contributed by atoms with Gasteiger partial charge in [-0.25, -0.2) is 4.98 Å². The predicted octanol–water partition coefficient (Wildman–Crippen LogP) is 6.40. The van der Waals surface area contributed by atoms with Gasteiger partial charge in [0.05, 0.1) is 16.2 Å². The highest BCUT2D eigenvalue weighted by atomic mass is 127. The number of nitro benzene ring substituents is 1. The lowest BCUT2D eigenvalue weighted by atomic mass is 10.1. The molecule has 1 N–H and O–H groups in total. The number of amides is 1. The van der Waals surface area contributed by atoms with Gasteiger partial charge in [0, 0.05) is 37.9 Å². The van der Waals surface area contributed by atoms with Gasteiger partial charge in [-0.3, -0.25) is 14.9 Å². The smallest absolute Gasteiger partial charge is 0.270 e. The van der Waals surface area contributed by atoms with Crippen molar-refractivity contribution in [3.63, 3.8) is 0 Å². The van der Waals surface area contributed by atoms with E-state index in [-0.39, 0.29) is 23.6 Å². The van der Waals surface area contributed by atoms with Gasteiger partial charge in [0.1, 0.15) is 16.8 Å². The number of allylic oxidation sites excluding steroid dienone is 1. The SMILES string of the molecule is N#CC(=Cc1cc([N+](=O)[O-])ccc1OCC(=O)Nc1ccccc1)c1nc(-c2ccc(I)cc2)cs1. The maximum atomic E-state index is 12.3. The number of anilines is 1. The number of hydrogen-bond donors (Lipinski definition) is 1. The van der Waals surface area contributed by atoms with Crippen LogP contribution in [0.15, 0.2) is 78.2 Å². The Balaban J connectivity index is 1.60. The van der Waals surface area contributed by atoms with Crippen LogP contribution in [0.25, 0.3) is 22.9 Å². The van der Waals surface area contributed by atoms with E-state index in [0.29, 0.717) is 16.3 Å². The average molecular weight is 608 g/mol. The van der Waals surface area contributed by atoms with Crippen LogP contribution in [0.2, 0.25) is 0 Å². The average Bonchev–Trinajstić information content (AvgIpc) is 3.37. The quantitative estimate of drug-likeness (QED) is 0.107. The number of carbonyl (C=O) groups is 1. The first kappa shape index (κ1) is 25.0. The Kier molecular flexibility index (Phi) is 8.04.